The van der Waals surface area contributed by atoms with Gasteiger partial charge in [0, 0.05) is 7.26 Å². The lowest BCUT2D eigenvalue weighted by Gasteiger charge is -2.23. The van der Waals surface area contributed by atoms with Crippen LogP contribution in [-0.4, -0.2) is 43.1 Å². The molecule has 0 saturated carbocycles. The molecule has 0 aromatic heterocycles. The fourth-order valence-electron chi connectivity index (χ4n) is 3.08. The van der Waals surface area contributed by atoms with Crippen molar-refractivity contribution >= 4 is 17.4 Å². The molecule has 0 atom stereocenters. The molecular weight excluding hydrogens is 396 g/mol. The molecule has 0 heterocycles. The first kappa shape index (κ1) is 29.3. The molecule has 0 amide bonds. The number of rotatable bonds is 14. The molecule has 0 aromatic carbocycles. The number of alkyl halides is 3. The average Bonchev–Trinajstić information content (AvgIpc) is 2.59. The number of halogens is 3. The number of hydrogen-bond donors (Lipinski definition) is 0. The van der Waals surface area contributed by atoms with Gasteiger partial charge in [0.25, 0.3) is 0 Å². The molecule has 0 fully saturated rings. The molecule has 0 aliphatic carbocycles. The van der Waals surface area contributed by atoms with Gasteiger partial charge in [-0.3, -0.25) is 0 Å². The van der Waals surface area contributed by atoms with E-state index in [-0.39, 0.29) is 0 Å². The first-order valence-electron chi connectivity index (χ1n) is 10.4. The summed E-state index contributed by atoms with van der Waals surface area (Å²) in [4.78, 5) is 0. The van der Waals surface area contributed by atoms with Gasteiger partial charge in [0.15, 0.2) is 10.1 Å². The largest absolute Gasteiger partial charge is 0.741 e. The predicted molar refractivity (Wildman–Crippen MR) is 111 cm³/mol. The van der Waals surface area contributed by atoms with Crippen molar-refractivity contribution in [3.63, 3.8) is 0 Å². The second-order valence-corrected chi connectivity index (χ2v) is 13.5. The molecule has 0 N–H and O–H groups in total. The lowest BCUT2D eigenvalue weighted by atomic mass is 10.1. The van der Waals surface area contributed by atoms with Gasteiger partial charge in [-0.25, -0.2) is 8.42 Å². The van der Waals surface area contributed by atoms with Crippen LogP contribution in [0.1, 0.15) is 91.9 Å². The highest BCUT2D eigenvalue weighted by atomic mass is 32.2. The Morgan fingerprint density at radius 1 is 0.704 bits per heavy atom. The van der Waals surface area contributed by atoms with Crippen LogP contribution in [0.3, 0.4) is 0 Å². The highest BCUT2D eigenvalue weighted by Gasteiger charge is 2.36. The van der Waals surface area contributed by atoms with Crippen molar-refractivity contribution in [3.8, 4) is 0 Å². The smallest absolute Gasteiger partial charge is 0.485 e. The van der Waals surface area contributed by atoms with E-state index in [1.54, 1.807) is 6.16 Å². The minimum atomic E-state index is -6.09. The van der Waals surface area contributed by atoms with Gasteiger partial charge in [0.1, 0.15) is 0 Å². The van der Waals surface area contributed by atoms with E-state index in [0.717, 1.165) is 0 Å². The van der Waals surface area contributed by atoms with Crippen molar-refractivity contribution in [2.45, 2.75) is 97.4 Å². The van der Waals surface area contributed by atoms with E-state index in [1.807, 2.05) is 0 Å². The van der Waals surface area contributed by atoms with Crippen LogP contribution in [0.4, 0.5) is 13.2 Å². The molecule has 27 heavy (non-hydrogen) atoms. The van der Waals surface area contributed by atoms with Crippen molar-refractivity contribution in [1.29, 1.82) is 0 Å². The molecule has 166 valence electrons. The molecule has 0 aliphatic rings. The molecule has 3 nitrogen and oxygen atoms in total. The fourth-order valence-corrected chi connectivity index (χ4v) is 6.26. The van der Waals surface area contributed by atoms with E-state index in [2.05, 4.69) is 27.7 Å². The molecular formula is C19H40F3O3PS. The minimum Gasteiger partial charge on any atom is -0.741 e. The zero-order valence-electron chi connectivity index (χ0n) is 17.6. The Labute approximate surface area is 166 Å². The summed E-state index contributed by atoms with van der Waals surface area (Å²) in [7, 11) is -6.60. The summed E-state index contributed by atoms with van der Waals surface area (Å²) in [6.07, 6.45) is 20.7. The van der Waals surface area contributed by atoms with Crippen LogP contribution in [0.2, 0.25) is 0 Å². The second kappa shape index (κ2) is 16.0. The lowest BCUT2D eigenvalue weighted by Crippen LogP contribution is -2.21. The van der Waals surface area contributed by atoms with E-state index in [9.17, 15) is 13.2 Å². The van der Waals surface area contributed by atoms with Crippen LogP contribution >= 0.6 is 7.26 Å². The van der Waals surface area contributed by atoms with Crippen LogP contribution in [0.25, 0.3) is 0 Å². The summed E-state index contributed by atoms with van der Waals surface area (Å²) in [6, 6.07) is 0. The third-order valence-electron chi connectivity index (χ3n) is 5.28. The zero-order chi connectivity index (χ0) is 21.4. The summed E-state index contributed by atoms with van der Waals surface area (Å²) >= 11 is 0. The Hall–Kier alpha value is 0.130. The van der Waals surface area contributed by atoms with Crippen molar-refractivity contribution in [2.24, 2.45) is 0 Å². The zero-order valence-corrected chi connectivity index (χ0v) is 19.3. The van der Waals surface area contributed by atoms with E-state index in [4.69, 9.17) is 13.0 Å². The highest BCUT2D eigenvalue weighted by Crippen LogP contribution is 2.58. The molecule has 0 rings (SSSR count). The van der Waals surface area contributed by atoms with E-state index >= 15 is 0 Å². The predicted octanol–water partition coefficient (Wildman–Crippen LogP) is 7.04. The van der Waals surface area contributed by atoms with Gasteiger partial charge >= 0.3 is 5.51 Å². The topological polar surface area (TPSA) is 57.2 Å². The summed E-state index contributed by atoms with van der Waals surface area (Å²) in [5.74, 6) is 0. The van der Waals surface area contributed by atoms with Crippen molar-refractivity contribution in [2.75, 3.05) is 24.6 Å². The second-order valence-electron chi connectivity index (χ2n) is 7.10. The summed E-state index contributed by atoms with van der Waals surface area (Å²) < 4.78 is 58.9. The summed E-state index contributed by atoms with van der Waals surface area (Å²) in [6.45, 7) is 9.58. The van der Waals surface area contributed by atoms with E-state index < -0.39 is 22.9 Å². The molecule has 0 bridgehead atoms. The SMILES string of the molecule is CCCCCCCCCCCC[P+](CC)(CC)CC.O=S(=O)([O-])C(F)(F)F. The van der Waals surface area contributed by atoms with Gasteiger partial charge in [-0.1, -0.05) is 58.3 Å². The Bertz CT molecular complexity index is 428. The van der Waals surface area contributed by atoms with Crippen LogP contribution in [0.5, 0.6) is 0 Å². The third kappa shape index (κ3) is 15.7. The maximum absolute atomic E-state index is 10.7. The quantitative estimate of drug-likeness (QED) is 0.127. The molecule has 0 aromatic rings. The van der Waals surface area contributed by atoms with Gasteiger partial charge in [-0.2, -0.15) is 13.2 Å². The molecule has 0 radical (unpaired) electrons. The summed E-state index contributed by atoms with van der Waals surface area (Å²) in [5.41, 5.74) is -5.65. The van der Waals surface area contributed by atoms with Crippen LogP contribution < -0.4 is 0 Å². The molecule has 0 saturated heterocycles. The van der Waals surface area contributed by atoms with Gasteiger partial charge in [0.2, 0.25) is 0 Å². The number of unbranched alkanes of at least 4 members (excludes halogenated alkanes) is 9. The Morgan fingerprint density at radius 3 is 1.26 bits per heavy atom. The van der Waals surface area contributed by atoms with Gasteiger partial charge in [-0.05, 0) is 33.6 Å². The Balaban J connectivity index is 0. The first-order chi connectivity index (χ1) is 12.5. The summed E-state index contributed by atoms with van der Waals surface area (Å²) in [5, 5.41) is 0. The van der Waals surface area contributed by atoms with Crippen molar-refractivity contribution in [1.82, 2.24) is 0 Å². The van der Waals surface area contributed by atoms with Crippen molar-refractivity contribution < 1.29 is 26.1 Å². The first-order valence-corrected chi connectivity index (χ1v) is 14.3. The van der Waals surface area contributed by atoms with Crippen molar-refractivity contribution in [3.05, 3.63) is 0 Å². The van der Waals surface area contributed by atoms with Crippen LogP contribution in [-0.2, 0) is 10.1 Å². The van der Waals surface area contributed by atoms with Gasteiger partial charge in [-0.15, -0.1) is 0 Å². The molecule has 8 heteroatoms. The third-order valence-corrected chi connectivity index (χ3v) is 11.1. The maximum atomic E-state index is 10.7. The maximum Gasteiger partial charge on any atom is 0.485 e. The fraction of sp³-hybridized carbons (Fsp3) is 1.00. The normalized spacial score (nSPS) is 12.6. The average molecular weight is 437 g/mol. The number of hydrogen-bond acceptors (Lipinski definition) is 3. The van der Waals surface area contributed by atoms with Gasteiger partial charge < -0.3 is 4.55 Å². The highest BCUT2D eigenvalue weighted by molar-refractivity contribution is 7.86. The monoisotopic (exact) mass is 436 g/mol. The van der Waals surface area contributed by atoms with Crippen LogP contribution in [0, 0.1) is 0 Å². The van der Waals surface area contributed by atoms with Crippen LogP contribution in [0.15, 0.2) is 0 Å². The Morgan fingerprint density at radius 2 is 1.00 bits per heavy atom. The standard InChI is InChI=1S/C18H40P.CHF3O3S/c1-5-9-10-11-12-13-14-15-16-17-18-19(6-2,7-3)8-4;2-1(3,4)8(5,6)7/h5-18H2,1-4H3;(H,5,6,7)/q+1;/p-1. The molecule has 0 aliphatic heterocycles. The van der Waals surface area contributed by atoms with E-state index in [1.165, 1.54) is 82.7 Å². The minimum absolute atomic E-state index is 0.513. The molecule has 0 spiro atoms. The molecule has 0 unspecified atom stereocenters. The van der Waals surface area contributed by atoms with Gasteiger partial charge in [0.05, 0.1) is 24.6 Å². The van der Waals surface area contributed by atoms with E-state index in [0.29, 0.717) is 0 Å². The Kier molecular flexibility index (Phi) is 17.4. The lowest BCUT2D eigenvalue weighted by molar-refractivity contribution is -0.0517.